The number of hydrogen-bond donors (Lipinski definition) is 1. The lowest BCUT2D eigenvalue weighted by atomic mass is 10.2. The predicted octanol–water partition coefficient (Wildman–Crippen LogP) is 6.63. The first kappa shape index (κ1) is 23.0. The second-order valence-electron chi connectivity index (χ2n) is 5.55. The Hall–Kier alpha value is -0.990. The Bertz CT molecular complexity index is 391. The van der Waals surface area contributed by atoms with Crippen LogP contribution in [0.4, 0.5) is 0 Å². The Morgan fingerprint density at radius 2 is 1.21 bits per heavy atom. The van der Waals surface area contributed by atoms with E-state index in [2.05, 4.69) is 74.6 Å². The van der Waals surface area contributed by atoms with E-state index in [1.165, 1.54) is 0 Å². The Labute approximate surface area is 154 Å². The molecule has 0 saturated heterocycles. The zero-order chi connectivity index (χ0) is 17.7. The van der Waals surface area contributed by atoms with Gasteiger partial charge in [-0.25, -0.2) is 0 Å². The standard InChI is InChI=1S/C22H36OS/c1-3-5-6-7-8-9-10-11-12-13-14-15-16-17-18-19-20-22(21-23)24-4-2/h5-6,8-9,11-12,14-15,18-19,22-23H,3-4,7,10,13,16-17,20-21H2,1-2H3/b6-5-,9-8-,12-11-,15-14-,19-18+. The second kappa shape index (κ2) is 20.1. The first-order chi connectivity index (χ1) is 11.8. The molecule has 1 nitrogen and oxygen atoms in total. The molecule has 0 rings (SSSR count). The molecule has 0 fully saturated rings. The number of unbranched alkanes of at least 4 members (excludes halogenated alkanes) is 1. The normalized spacial score (nSPS) is 14.3. The number of aliphatic hydroxyl groups excluding tert-OH is 1. The van der Waals surface area contributed by atoms with E-state index < -0.39 is 0 Å². The largest absolute Gasteiger partial charge is 0.395 e. The molecule has 136 valence electrons. The summed E-state index contributed by atoms with van der Waals surface area (Å²) in [6.45, 7) is 4.57. The summed E-state index contributed by atoms with van der Waals surface area (Å²) in [7, 11) is 0. The molecule has 0 aromatic carbocycles. The van der Waals surface area contributed by atoms with Crippen LogP contribution in [0.3, 0.4) is 0 Å². The molecule has 1 unspecified atom stereocenters. The SMILES string of the molecule is CC/C=C\C/C=C\C/C=C\C/C=C\CC/C=C/CC(CO)SCC. The molecule has 0 heterocycles. The van der Waals surface area contributed by atoms with E-state index in [0.717, 1.165) is 50.7 Å². The van der Waals surface area contributed by atoms with Crippen LogP contribution in [0.25, 0.3) is 0 Å². The van der Waals surface area contributed by atoms with Crippen molar-refractivity contribution in [2.75, 3.05) is 12.4 Å². The molecular weight excluding hydrogens is 312 g/mol. The molecule has 0 radical (unpaired) electrons. The molecule has 1 N–H and O–H groups in total. The highest BCUT2D eigenvalue weighted by Gasteiger charge is 2.02. The van der Waals surface area contributed by atoms with Gasteiger partial charge in [-0.2, -0.15) is 11.8 Å². The summed E-state index contributed by atoms with van der Waals surface area (Å²) in [5.41, 5.74) is 0. The lowest BCUT2D eigenvalue weighted by molar-refractivity contribution is 0.295. The maximum absolute atomic E-state index is 9.20. The second-order valence-corrected chi connectivity index (χ2v) is 7.12. The van der Waals surface area contributed by atoms with Crippen molar-refractivity contribution >= 4 is 11.8 Å². The maximum Gasteiger partial charge on any atom is 0.0553 e. The average molecular weight is 349 g/mol. The number of hydrogen-bond acceptors (Lipinski definition) is 2. The van der Waals surface area contributed by atoms with Crippen molar-refractivity contribution in [3.63, 3.8) is 0 Å². The first-order valence-electron chi connectivity index (χ1n) is 9.32. The highest BCUT2D eigenvalue weighted by atomic mass is 32.2. The number of aliphatic hydroxyl groups is 1. The molecule has 0 aliphatic heterocycles. The van der Waals surface area contributed by atoms with Crippen LogP contribution in [-0.4, -0.2) is 22.7 Å². The molecule has 0 saturated carbocycles. The quantitative estimate of drug-likeness (QED) is 0.265. The molecule has 0 amide bonds. The molecular formula is C22H36OS. The van der Waals surface area contributed by atoms with Crippen LogP contribution in [0.15, 0.2) is 60.8 Å². The third-order valence-corrected chi connectivity index (χ3v) is 4.54. The van der Waals surface area contributed by atoms with Gasteiger partial charge in [0.05, 0.1) is 6.61 Å². The van der Waals surface area contributed by atoms with Gasteiger partial charge in [-0.1, -0.05) is 74.6 Å². The van der Waals surface area contributed by atoms with Crippen molar-refractivity contribution in [2.45, 2.75) is 64.0 Å². The molecule has 0 aromatic rings. The fraction of sp³-hybridized carbons (Fsp3) is 0.545. The minimum Gasteiger partial charge on any atom is -0.395 e. The smallest absolute Gasteiger partial charge is 0.0553 e. The summed E-state index contributed by atoms with van der Waals surface area (Å²) in [5, 5.41) is 9.57. The van der Waals surface area contributed by atoms with E-state index in [1.807, 2.05) is 11.8 Å². The van der Waals surface area contributed by atoms with E-state index in [9.17, 15) is 5.11 Å². The summed E-state index contributed by atoms with van der Waals surface area (Å²) < 4.78 is 0. The van der Waals surface area contributed by atoms with Gasteiger partial charge in [0.25, 0.3) is 0 Å². The van der Waals surface area contributed by atoms with Gasteiger partial charge in [0, 0.05) is 5.25 Å². The third kappa shape index (κ3) is 17.4. The minimum atomic E-state index is 0.277. The molecule has 0 spiro atoms. The molecule has 24 heavy (non-hydrogen) atoms. The summed E-state index contributed by atoms with van der Waals surface area (Å²) in [6, 6.07) is 0. The van der Waals surface area contributed by atoms with E-state index in [0.29, 0.717) is 5.25 Å². The summed E-state index contributed by atoms with van der Waals surface area (Å²) in [4.78, 5) is 0. The Morgan fingerprint density at radius 3 is 1.71 bits per heavy atom. The van der Waals surface area contributed by atoms with Crippen molar-refractivity contribution in [2.24, 2.45) is 0 Å². The van der Waals surface area contributed by atoms with E-state index in [4.69, 9.17) is 0 Å². The summed E-state index contributed by atoms with van der Waals surface area (Å²) in [5.74, 6) is 1.07. The predicted molar refractivity (Wildman–Crippen MR) is 113 cm³/mol. The van der Waals surface area contributed by atoms with Gasteiger partial charge >= 0.3 is 0 Å². The van der Waals surface area contributed by atoms with Gasteiger partial charge in [-0.15, -0.1) is 0 Å². The highest BCUT2D eigenvalue weighted by Crippen LogP contribution is 2.14. The minimum absolute atomic E-state index is 0.277. The number of allylic oxidation sites excluding steroid dienone is 10. The van der Waals surface area contributed by atoms with Crippen LogP contribution in [0.2, 0.25) is 0 Å². The van der Waals surface area contributed by atoms with Crippen LogP contribution in [0, 0.1) is 0 Å². The van der Waals surface area contributed by atoms with E-state index >= 15 is 0 Å². The lowest BCUT2D eigenvalue weighted by Crippen LogP contribution is -2.07. The number of thioether (sulfide) groups is 1. The fourth-order valence-corrected chi connectivity index (χ4v) is 2.91. The van der Waals surface area contributed by atoms with Gasteiger partial charge in [0.1, 0.15) is 0 Å². The summed E-state index contributed by atoms with van der Waals surface area (Å²) >= 11 is 1.83. The average Bonchev–Trinajstić information content (AvgIpc) is 2.60. The van der Waals surface area contributed by atoms with Crippen LogP contribution in [0.5, 0.6) is 0 Å². The van der Waals surface area contributed by atoms with Crippen LogP contribution in [0.1, 0.15) is 58.8 Å². The molecule has 0 aliphatic rings. The molecule has 0 bridgehead atoms. The molecule has 2 heteroatoms. The van der Waals surface area contributed by atoms with Gasteiger partial charge in [-0.3, -0.25) is 0 Å². The van der Waals surface area contributed by atoms with E-state index in [1.54, 1.807) is 0 Å². The van der Waals surface area contributed by atoms with Crippen molar-refractivity contribution in [3.05, 3.63) is 60.8 Å². The lowest BCUT2D eigenvalue weighted by Gasteiger charge is -2.08. The fourth-order valence-electron chi connectivity index (χ4n) is 2.09. The topological polar surface area (TPSA) is 20.2 Å². The molecule has 0 aromatic heterocycles. The zero-order valence-electron chi connectivity index (χ0n) is 15.6. The van der Waals surface area contributed by atoms with Gasteiger partial charge < -0.3 is 5.11 Å². The van der Waals surface area contributed by atoms with Gasteiger partial charge in [0.15, 0.2) is 0 Å². The first-order valence-corrected chi connectivity index (χ1v) is 10.4. The molecule has 1 atom stereocenters. The van der Waals surface area contributed by atoms with Crippen molar-refractivity contribution in [1.29, 1.82) is 0 Å². The van der Waals surface area contributed by atoms with E-state index in [-0.39, 0.29) is 6.61 Å². The molecule has 0 aliphatic carbocycles. The Kier molecular flexibility index (Phi) is 19.2. The van der Waals surface area contributed by atoms with Crippen molar-refractivity contribution in [1.82, 2.24) is 0 Å². The van der Waals surface area contributed by atoms with Crippen LogP contribution < -0.4 is 0 Å². The summed E-state index contributed by atoms with van der Waals surface area (Å²) in [6.07, 6.45) is 29.6. The third-order valence-electron chi connectivity index (χ3n) is 3.39. The van der Waals surface area contributed by atoms with Crippen LogP contribution >= 0.6 is 11.8 Å². The maximum atomic E-state index is 9.20. The number of rotatable bonds is 15. The van der Waals surface area contributed by atoms with Crippen molar-refractivity contribution < 1.29 is 5.11 Å². The van der Waals surface area contributed by atoms with Crippen molar-refractivity contribution in [3.8, 4) is 0 Å². The zero-order valence-corrected chi connectivity index (χ0v) is 16.4. The Morgan fingerprint density at radius 1 is 0.708 bits per heavy atom. The van der Waals surface area contributed by atoms with Crippen LogP contribution in [-0.2, 0) is 0 Å². The monoisotopic (exact) mass is 348 g/mol. The van der Waals surface area contributed by atoms with Gasteiger partial charge in [-0.05, 0) is 50.7 Å². The Balaban J connectivity index is 3.55. The highest BCUT2D eigenvalue weighted by molar-refractivity contribution is 7.99. The van der Waals surface area contributed by atoms with Gasteiger partial charge in [0.2, 0.25) is 0 Å².